The predicted molar refractivity (Wildman–Crippen MR) is 32.4 cm³/mol. The van der Waals surface area contributed by atoms with Gasteiger partial charge in [0.1, 0.15) is 0 Å². The monoisotopic (exact) mass is 125 g/mol. The van der Waals surface area contributed by atoms with Crippen molar-refractivity contribution >= 4 is 5.97 Å². The van der Waals surface area contributed by atoms with Crippen molar-refractivity contribution in [2.45, 2.75) is 6.92 Å². The Balaban J connectivity index is 3.53. The van der Waals surface area contributed by atoms with Crippen molar-refractivity contribution in [1.29, 1.82) is 0 Å². The molecule has 0 heterocycles. The first-order valence-electron chi connectivity index (χ1n) is 2.51. The smallest absolute Gasteiger partial charge is 0.319 e. The molecule has 0 aliphatic heterocycles. The van der Waals surface area contributed by atoms with Crippen LogP contribution in [-0.2, 0) is 9.53 Å². The summed E-state index contributed by atoms with van der Waals surface area (Å²) in [7, 11) is 0. The molecule has 3 heteroatoms. The van der Waals surface area contributed by atoms with Crippen LogP contribution in [0.1, 0.15) is 6.92 Å². The fourth-order valence-electron chi connectivity index (χ4n) is 0.288. The van der Waals surface area contributed by atoms with Crippen molar-refractivity contribution in [2.75, 3.05) is 6.61 Å². The Morgan fingerprint density at radius 2 is 2.56 bits per heavy atom. The maximum atomic E-state index is 10.3. The van der Waals surface area contributed by atoms with Gasteiger partial charge >= 0.3 is 5.97 Å². The van der Waals surface area contributed by atoms with Gasteiger partial charge in [0.15, 0.2) is 6.20 Å². The number of hydrogen-bond donors (Lipinski definition) is 0. The van der Waals surface area contributed by atoms with Gasteiger partial charge in [-0.2, -0.15) is 0 Å². The molecule has 0 fully saturated rings. The summed E-state index contributed by atoms with van der Waals surface area (Å²) in [4.78, 5) is 13.2. The number of carbonyl (C=O) groups excluding carboxylic acids is 1. The van der Waals surface area contributed by atoms with Crippen LogP contribution in [0.15, 0.2) is 12.3 Å². The summed E-state index contributed by atoms with van der Waals surface area (Å²) in [6.45, 7) is 8.32. The average Bonchev–Trinajstić information content (AvgIpc) is 1.85. The lowest BCUT2D eigenvalue weighted by molar-refractivity contribution is -0.137. The summed E-state index contributed by atoms with van der Waals surface area (Å²) >= 11 is 0. The minimum Gasteiger partial charge on any atom is -0.464 e. The third-order valence-electron chi connectivity index (χ3n) is 0.572. The van der Waals surface area contributed by atoms with Crippen LogP contribution < -0.4 is 0 Å². The summed E-state index contributed by atoms with van der Waals surface area (Å²) in [5, 5.41) is 0. The summed E-state index contributed by atoms with van der Waals surface area (Å²) in [5.74, 6) is -0.464. The molecule has 0 atom stereocenters. The van der Waals surface area contributed by atoms with Gasteiger partial charge in [0.2, 0.25) is 0 Å². The van der Waals surface area contributed by atoms with Crippen molar-refractivity contribution in [3.63, 3.8) is 0 Å². The molecule has 9 heavy (non-hydrogen) atoms. The van der Waals surface area contributed by atoms with Crippen LogP contribution in [0.2, 0.25) is 0 Å². The third-order valence-corrected chi connectivity index (χ3v) is 0.572. The maximum absolute atomic E-state index is 10.3. The molecule has 48 valence electrons. The lowest BCUT2D eigenvalue weighted by atomic mass is 10.6. The van der Waals surface area contributed by atoms with Gasteiger partial charge < -0.3 is 4.74 Å². The lowest BCUT2D eigenvalue weighted by Gasteiger charge is -1.91. The minimum absolute atomic E-state index is 0.348. The standard InChI is InChI=1S/C6H7NO2/c1-3-9-6(8)4-5-7-2/h4-5H,3H2,1H3/b5-4-. The summed E-state index contributed by atoms with van der Waals surface area (Å²) < 4.78 is 4.47. The Bertz CT molecular complexity index is 155. The van der Waals surface area contributed by atoms with Crippen molar-refractivity contribution in [2.24, 2.45) is 0 Å². The molecular weight excluding hydrogens is 118 g/mol. The molecule has 0 saturated carbocycles. The Kier molecular flexibility index (Phi) is 4.15. The average molecular weight is 125 g/mol. The van der Waals surface area contributed by atoms with E-state index in [0.29, 0.717) is 6.61 Å². The largest absolute Gasteiger partial charge is 0.464 e. The van der Waals surface area contributed by atoms with E-state index >= 15 is 0 Å². The van der Waals surface area contributed by atoms with Crippen LogP contribution in [0.5, 0.6) is 0 Å². The number of hydrogen-bond acceptors (Lipinski definition) is 2. The summed E-state index contributed by atoms with van der Waals surface area (Å²) in [5.41, 5.74) is 0. The molecular formula is C6H7NO2. The van der Waals surface area contributed by atoms with E-state index in [2.05, 4.69) is 9.58 Å². The number of nitrogens with zero attached hydrogens (tertiary/aromatic N) is 1. The second kappa shape index (κ2) is 4.85. The highest BCUT2D eigenvalue weighted by atomic mass is 16.5. The molecule has 0 spiro atoms. The zero-order chi connectivity index (χ0) is 7.11. The van der Waals surface area contributed by atoms with E-state index in [1.807, 2.05) is 0 Å². The number of carbonyl (C=O) groups is 1. The van der Waals surface area contributed by atoms with E-state index in [0.717, 1.165) is 12.3 Å². The molecule has 3 nitrogen and oxygen atoms in total. The van der Waals surface area contributed by atoms with Gasteiger partial charge in [-0.1, -0.05) is 0 Å². The van der Waals surface area contributed by atoms with Crippen LogP contribution in [-0.4, -0.2) is 12.6 Å². The zero-order valence-corrected chi connectivity index (χ0v) is 5.13. The molecule has 0 unspecified atom stereocenters. The fourth-order valence-corrected chi connectivity index (χ4v) is 0.288. The Labute approximate surface area is 53.8 Å². The van der Waals surface area contributed by atoms with E-state index < -0.39 is 5.97 Å². The number of esters is 1. The lowest BCUT2D eigenvalue weighted by Crippen LogP contribution is -1.98. The molecule has 0 rings (SSSR count). The molecule has 0 amide bonds. The van der Waals surface area contributed by atoms with E-state index in [-0.39, 0.29) is 0 Å². The van der Waals surface area contributed by atoms with Gasteiger partial charge in [-0.3, -0.25) is 0 Å². The van der Waals surface area contributed by atoms with Crippen LogP contribution >= 0.6 is 0 Å². The highest BCUT2D eigenvalue weighted by Gasteiger charge is 1.89. The molecule has 0 aromatic heterocycles. The van der Waals surface area contributed by atoms with E-state index in [1.165, 1.54) is 0 Å². The number of rotatable bonds is 2. The molecule has 0 saturated heterocycles. The van der Waals surface area contributed by atoms with Crippen molar-refractivity contribution in [3.8, 4) is 0 Å². The molecule has 0 aromatic carbocycles. The van der Waals surface area contributed by atoms with Crippen LogP contribution in [0, 0.1) is 6.57 Å². The molecule has 0 aliphatic carbocycles. The van der Waals surface area contributed by atoms with Crippen molar-refractivity contribution in [1.82, 2.24) is 0 Å². The van der Waals surface area contributed by atoms with Gasteiger partial charge in [-0.25, -0.2) is 9.64 Å². The molecule has 0 N–H and O–H groups in total. The SMILES string of the molecule is [C-]#[N+]/C=C\C(=O)OCC. The molecule has 0 radical (unpaired) electrons. The topological polar surface area (TPSA) is 30.7 Å². The van der Waals surface area contributed by atoms with E-state index in [9.17, 15) is 4.79 Å². The molecule has 0 aromatic rings. The van der Waals surface area contributed by atoms with Gasteiger partial charge in [-0.05, 0) is 6.92 Å². The first kappa shape index (κ1) is 7.70. The quantitative estimate of drug-likeness (QED) is 0.313. The summed E-state index contributed by atoms with van der Waals surface area (Å²) in [6.07, 6.45) is 2.16. The van der Waals surface area contributed by atoms with Gasteiger partial charge in [-0.15, -0.1) is 0 Å². The second-order valence-corrected chi connectivity index (χ2v) is 1.20. The van der Waals surface area contributed by atoms with Crippen LogP contribution in [0.25, 0.3) is 4.85 Å². The molecule has 0 bridgehead atoms. The van der Waals surface area contributed by atoms with Crippen molar-refractivity contribution < 1.29 is 9.53 Å². The highest BCUT2D eigenvalue weighted by molar-refractivity contribution is 5.82. The first-order valence-corrected chi connectivity index (χ1v) is 2.51. The second-order valence-electron chi connectivity index (χ2n) is 1.20. The zero-order valence-electron chi connectivity index (χ0n) is 5.13. The maximum Gasteiger partial charge on any atom is 0.319 e. The Morgan fingerprint density at radius 1 is 1.89 bits per heavy atom. The fraction of sp³-hybridized carbons (Fsp3) is 0.333. The minimum atomic E-state index is -0.464. The summed E-state index contributed by atoms with van der Waals surface area (Å²) in [6, 6.07) is 0. The number of ether oxygens (including phenoxy) is 1. The third kappa shape index (κ3) is 4.56. The van der Waals surface area contributed by atoms with Crippen molar-refractivity contribution in [3.05, 3.63) is 23.7 Å². The van der Waals surface area contributed by atoms with Gasteiger partial charge in [0.25, 0.3) is 0 Å². The predicted octanol–water partition coefficient (Wildman–Crippen LogP) is 0.982. The highest BCUT2D eigenvalue weighted by Crippen LogP contribution is 1.80. The Hall–Kier alpha value is -1.30. The van der Waals surface area contributed by atoms with Gasteiger partial charge in [0, 0.05) is 6.08 Å². The molecule has 0 aliphatic rings. The van der Waals surface area contributed by atoms with Gasteiger partial charge in [0.05, 0.1) is 13.2 Å². The van der Waals surface area contributed by atoms with E-state index in [1.54, 1.807) is 6.92 Å². The Morgan fingerprint density at radius 3 is 3.00 bits per heavy atom. The van der Waals surface area contributed by atoms with Crippen LogP contribution in [0.3, 0.4) is 0 Å². The normalized spacial score (nSPS) is 8.89. The van der Waals surface area contributed by atoms with E-state index in [4.69, 9.17) is 6.57 Å². The first-order chi connectivity index (χ1) is 4.31. The van der Waals surface area contributed by atoms with Crippen LogP contribution in [0.4, 0.5) is 0 Å².